The van der Waals surface area contributed by atoms with Gasteiger partial charge in [-0.05, 0) is 46.3 Å². The van der Waals surface area contributed by atoms with Gasteiger partial charge in [0.2, 0.25) is 0 Å². The fraction of sp³-hybridized carbons (Fsp3) is 0.222. The van der Waals surface area contributed by atoms with Gasteiger partial charge in [0.25, 0.3) is 0 Å². The third-order valence-electron chi connectivity index (χ3n) is 3.53. The quantitative estimate of drug-likeness (QED) is 0.595. The highest BCUT2D eigenvalue weighted by Gasteiger charge is 2.10. The predicted octanol–water partition coefficient (Wildman–Crippen LogP) is 4.09. The van der Waals surface area contributed by atoms with Crippen LogP contribution in [-0.2, 0) is 4.74 Å². The summed E-state index contributed by atoms with van der Waals surface area (Å²) in [7, 11) is 3.26. The lowest BCUT2D eigenvalue weighted by atomic mass is 10.1. The van der Waals surface area contributed by atoms with Gasteiger partial charge >= 0.3 is 0 Å². The standard InChI is InChI=1S/C18H17BrN2O3/c1-22-8-9-24-16-7-6-12(10-17(16)23-2)15-11-20-14-5-3-4-13(19)18(14)21-15/h3-7,10-11H,8-9H2,1-2H3. The molecule has 0 spiro atoms. The van der Waals surface area contributed by atoms with Gasteiger partial charge in [-0.25, -0.2) is 4.98 Å². The van der Waals surface area contributed by atoms with Crippen LogP contribution in [0.15, 0.2) is 47.1 Å². The zero-order chi connectivity index (χ0) is 16.9. The molecule has 0 saturated carbocycles. The Hall–Kier alpha value is -2.18. The molecule has 24 heavy (non-hydrogen) atoms. The molecule has 0 saturated heterocycles. The summed E-state index contributed by atoms with van der Waals surface area (Å²) in [5, 5.41) is 0. The highest BCUT2D eigenvalue weighted by atomic mass is 79.9. The first-order valence-corrected chi connectivity index (χ1v) is 8.23. The highest BCUT2D eigenvalue weighted by molar-refractivity contribution is 9.10. The van der Waals surface area contributed by atoms with E-state index in [9.17, 15) is 0 Å². The minimum absolute atomic E-state index is 0.467. The molecule has 0 aliphatic heterocycles. The number of hydrogen-bond acceptors (Lipinski definition) is 5. The van der Waals surface area contributed by atoms with Crippen LogP contribution in [0.2, 0.25) is 0 Å². The van der Waals surface area contributed by atoms with Crippen molar-refractivity contribution in [2.45, 2.75) is 0 Å². The summed E-state index contributed by atoms with van der Waals surface area (Å²) in [6.07, 6.45) is 1.76. The zero-order valence-electron chi connectivity index (χ0n) is 13.5. The number of nitrogens with zero attached hydrogens (tertiary/aromatic N) is 2. The topological polar surface area (TPSA) is 53.5 Å². The molecular weight excluding hydrogens is 372 g/mol. The van der Waals surface area contributed by atoms with Crippen molar-refractivity contribution < 1.29 is 14.2 Å². The van der Waals surface area contributed by atoms with Crippen LogP contribution in [-0.4, -0.2) is 37.4 Å². The Kier molecular flexibility index (Phi) is 5.27. The summed E-state index contributed by atoms with van der Waals surface area (Å²) in [6.45, 7) is 0.990. The molecule has 0 amide bonds. The van der Waals surface area contributed by atoms with Gasteiger partial charge in [0, 0.05) is 17.1 Å². The van der Waals surface area contributed by atoms with Crippen LogP contribution in [0.3, 0.4) is 0 Å². The number of ether oxygens (including phenoxy) is 3. The molecule has 0 unspecified atom stereocenters. The fourth-order valence-electron chi connectivity index (χ4n) is 2.32. The highest BCUT2D eigenvalue weighted by Crippen LogP contribution is 2.32. The van der Waals surface area contributed by atoms with Gasteiger partial charge in [0.05, 0.1) is 31.1 Å². The maximum atomic E-state index is 5.66. The Balaban J connectivity index is 1.95. The van der Waals surface area contributed by atoms with Crippen molar-refractivity contribution in [1.82, 2.24) is 9.97 Å². The Morgan fingerprint density at radius 1 is 1.04 bits per heavy atom. The molecule has 6 heteroatoms. The summed E-state index contributed by atoms with van der Waals surface area (Å²) in [5.41, 5.74) is 3.36. The van der Waals surface area contributed by atoms with Crippen molar-refractivity contribution in [2.75, 3.05) is 27.4 Å². The van der Waals surface area contributed by atoms with E-state index in [-0.39, 0.29) is 0 Å². The fourth-order valence-corrected chi connectivity index (χ4v) is 2.76. The van der Waals surface area contributed by atoms with Gasteiger partial charge in [-0.3, -0.25) is 4.98 Å². The summed E-state index contributed by atoms with van der Waals surface area (Å²) < 4.78 is 17.0. The second-order valence-corrected chi connectivity index (χ2v) is 5.92. The van der Waals surface area contributed by atoms with E-state index in [1.807, 2.05) is 36.4 Å². The molecule has 1 aromatic heterocycles. The lowest BCUT2D eigenvalue weighted by Gasteiger charge is -2.12. The van der Waals surface area contributed by atoms with Crippen molar-refractivity contribution in [3.63, 3.8) is 0 Å². The van der Waals surface area contributed by atoms with E-state index in [2.05, 4.69) is 20.9 Å². The summed E-state index contributed by atoms with van der Waals surface area (Å²) in [4.78, 5) is 9.18. The molecule has 2 aromatic carbocycles. The Morgan fingerprint density at radius 2 is 1.92 bits per heavy atom. The third-order valence-corrected chi connectivity index (χ3v) is 4.17. The second kappa shape index (κ2) is 7.59. The van der Waals surface area contributed by atoms with E-state index >= 15 is 0 Å². The molecule has 0 N–H and O–H groups in total. The molecule has 5 nitrogen and oxygen atoms in total. The molecule has 1 heterocycles. The monoisotopic (exact) mass is 388 g/mol. The van der Waals surface area contributed by atoms with Crippen molar-refractivity contribution in [1.29, 1.82) is 0 Å². The molecule has 0 fully saturated rings. The van der Waals surface area contributed by atoms with E-state index in [4.69, 9.17) is 19.2 Å². The maximum Gasteiger partial charge on any atom is 0.161 e. The van der Waals surface area contributed by atoms with Crippen molar-refractivity contribution in [2.24, 2.45) is 0 Å². The van der Waals surface area contributed by atoms with Crippen LogP contribution < -0.4 is 9.47 Å². The van der Waals surface area contributed by atoms with Crippen LogP contribution in [0.5, 0.6) is 11.5 Å². The number of fused-ring (bicyclic) bond motifs is 1. The van der Waals surface area contributed by atoms with Crippen LogP contribution in [0.25, 0.3) is 22.3 Å². The summed E-state index contributed by atoms with van der Waals surface area (Å²) >= 11 is 3.52. The van der Waals surface area contributed by atoms with E-state index < -0.39 is 0 Å². The number of aromatic nitrogens is 2. The van der Waals surface area contributed by atoms with Crippen LogP contribution in [0, 0.1) is 0 Å². The van der Waals surface area contributed by atoms with Crippen molar-refractivity contribution >= 4 is 27.0 Å². The number of hydrogen-bond donors (Lipinski definition) is 0. The van der Waals surface area contributed by atoms with Crippen LogP contribution in [0.1, 0.15) is 0 Å². The maximum absolute atomic E-state index is 5.66. The molecule has 0 atom stereocenters. The zero-order valence-corrected chi connectivity index (χ0v) is 15.0. The molecule has 0 aliphatic rings. The molecule has 0 radical (unpaired) electrons. The largest absolute Gasteiger partial charge is 0.493 e. The van der Waals surface area contributed by atoms with Gasteiger partial charge in [-0.2, -0.15) is 0 Å². The van der Waals surface area contributed by atoms with E-state index in [0.717, 1.165) is 26.8 Å². The number of methoxy groups -OCH3 is 2. The smallest absolute Gasteiger partial charge is 0.161 e. The van der Waals surface area contributed by atoms with Crippen molar-refractivity contribution in [3.8, 4) is 22.8 Å². The number of halogens is 1. The molecule has 3 rings (SSSR count). The van der Waals surface area contributed by atoms with E-state index in [1.165, 1.54) is 0 Å². The van der Waals surface area contributed by atoms with Crippen molar-refractivity contribution in [3.05, 3.63) is 47.1 Å². The predicted molar refractivity (Wildman–Crippen MR) is 96.6 cm³/mol. The van der Waals surface area contributed by atoms with E-state index in [1.54, 1.807) is 20.4 Å². The number of benzene rings is 2. The van der Waals surface area contributed by atoms with Gasteiger partial charge in [0.15, 0.2) is 11.5 Å². The molecule has 0 bridgehead atoms. The van der Waals surface area contributed by atoms with Gasteiger partial charge < -0.3 is 14.2 Å². The first-order valence-electron chi connectivity index (χ1n) is 7.44. The average Bonchev–Trinajstić information content (AvgIpc) is 2.62. The van der Waals surface area contributed by atoms with Gasteiger partial charge in [0.1, 0.15) is 12.1 Å². The van der Waals surface area contributed by atoms with Crippen LogP contribution in [0.4, 0.5) is 0 Å². The molecule has 3 aromatic rings. The lowest BCUT2D eigenvalue weighted by Crippen LogP contribution is -2.05. The average molecular weight is 389 g/mol. The molecule has 0 aliphatic carbocycles. The normalized spacial score (nSPS) is 10.8. The van der Waals surface area contributed by atoms with Gasteiger partial charge in [-0.1, -0.05) is 6.07 Å². The summed E-state index contributed by atoms with van der Waals surface area (Å²) in [6, 6.07) is 11.5. The lowest BCUT2D eigenvalue weighted by molar-refractivity contribution is 0.144. The first kappa shape index (κ1) is 16.7. The molecular formula is C18H17BrN2O3. The number of para-hydroxylation sites is 1. The van der Waals surface area contributed by atoms with Crippen LogP contribution >= 0.6 is 15.9 Å². The molecule has 124 valence electrons. The van der Waals surface area contributed by atoms with Gasteiger partial charge in [-0.15, -0.1) is 0 Å². The Morgan fingerprint density at radius 3 is 2.71 bits per heavy atom. The minimum Gasteiger partial charge on any atom is -0.493 e. The van der Waals surface area contributed by atoms with E-state index in [0.29, 0.717) is 24.7 Å². The Labute approximate surface area is 148 Å². The third kappa shape index (κ3) is 3.49. The second-order valence-electron chi connectivity index (χ2n) is 5.07. The number of rotatable bonds is 6. The Bertz CT molecular complexity index is 855. The first-order chi connectivity index (χ1) is 11.7. The minimum atomic E-state index is 0.467. The summed E-state index contributed by atoms with van der Waals surface area (Å²) in [5.74, 6) is 1.32. The SMILES string of the molecule is COCCOc1ccc(-c2cnc3cccc(Br)c3n2)cc1OC.